The monoisotopic (exact) mass is 236 g/mol. The van der Waals surface area contributed by atoms with Gasteiger partial charge in [-0.05, 0) is 25.7 Å². The number of rotatable bonds is 6. The largest absolute Gasteiger partial charge is 0.383 e. The zero-order valence-corrected chi connectivity index (χ0v) is 11.3. The maximum Gasteiger partial charge on any atom is 0.134 e. The standard InChI is InChI=1S/C13H24N4/c1-5-9(3)7-10(4)17-13-11(6-2)12(14)15-8-16-13/h8-10H,5-7H2,1-4H3,(H3,14,15,16,17). The molecule has 0 saturated carbocycles. The van der Waals surface area contributed by atoms with E-state index in [0.717, 1.165) is 30.1 Å². The lowest BCUT2D eigenvalue weighted by molar-refractivity contribution is 0.483. The van der Waals surface area contributed by atoms with E-state index in [0.29, 0.717) is 11.9 Å². The summed E-state index contributed by atoms with van der Waals surface area (Å²) in [6.45, 7) is 8.74. The van der Waals surface area contributed by atoms with E-state index < -0.39 is 0 Å². The first-order chi connectivity index (χ1) is 8.08. The predicted octanol–water partition coefficient (Wildman–Crippen LogP) is 2.86. The number of nitrogens with one attached hydrogen (secondary N) is 1. The lowest BCUT2D eigenvalue weighted by Gasteiger charge is -2.19. The molecule has 0 saturated heterocycles. The first kappa shape index (κ1) is 13.7. The minimum Gasteiger partial charge on any atom is -0.383 e. The van der Waals surface area contributed by atoms with Crippen LogP contribution in [0, 0.1) is 5.92 Å². The highest BCUT2D eigenvalue weighted by Gasteiger charge is 2.11. The highest BCUT2D eigenvalue weighted by molar-refractivity contribution is 5.55. The van der Waals surface area contributed by atoms with Gasteiger partial charge in [0, 0.05) is 11.6 Å². The van der Waals surface area contributed by atoms with E-state index in [1.165, 1.54) is 12.7 Å². The molecule has 0 radical (unpaired) electrons. The second-order valence-electron chi connectivity index (χ2n) is 4.73. The van der Waals surface area contributed by atoms with Crippen molar-refractivity contribution in [3.05, 3.63) is 11.9 Å². The highest BCUT2D eigenvalue weighted by atomic mass is 15.1. The predicted molar refractivity (Wildman–Crippen MR) is 73.0 cm³/mol. The van der Waals surface area contributed by atoms with Crippen LogP contribution in [0.15, 0.2) is 6.33 Å². The Morgan fingerprint density at radius 1 is 1.29 bits per heavy atom. The maximum absolute atomic E-state index is 5.84. The van der Waals surface area contributed by atoms with E-state index >= 15 is 0 Å². The van der Waals surface area contributed by atoms with Gasteiger partial charge in [0.2, 0.25) is 0 Å². The number of nitrogen functional groups attached to an aromatic ring is 1. The summed E-state index contributed by atoms with van der Waals surface area (Å²) in [5, 5.41) is 3.44. The summed E-state index contributed by atoms with van der Waals surface area (Å²) in [6.07, 6.45) is 4.72. The highest BCUT2D eigenvalue weighted by Crippen LogP contribution is 2.20. The fraction of sp³-hybridized carbons (Fsp3) is 0.692. The number of nitrogens with zero attached hydrogens (tertiary/aromatic N) is 2. The molecule has 4 heteroatoms. The second-order valence-corrected chi connectivity index (χ2v) is 4.73. The number of nitrogens with two attached hydrogens (primary N) is 1. The molecule has 17 heavy (non-hydrogen) atoms. The van der Waals surface area contributed by atoms with Crippen LogP contribution in [0.3, 0.4) is 0 Å². The minimum atomic E-state index is 0.407. The molecule has 0 aliphatic carbocycles. The molecule has 0 amide bonds. The lowest BCUT2D eigenvalue weighted by Crippen LogP contribution is -2.20. The summed E-state index contributed by atoms with van der Waals surface area (Å²) in [7, 11) is 0. The Morgan fingerprint density at radius 3 is 2.59 bits per heavy atom. The number of hydrogen-bond acceptors (Lipinski definition) is 4. The first-order valence-corrected chi connectivity index (χ1v) is 6.44. The molecule has 2 unspecified atom stereocenters. The molecule has 1 rings (SSSR count). The topological polar surface area (TPSA) is 63.8 Å². The van der Waals surface area contributed by atoms with Gasteiger partial charge in [0.1, 0.15) is 18.0 Å². The molecule has 1 aromatic rings. The van der Waals surface area contributed by atoms with Gasteiger partial charge in [0.15, 0.2) is 0 Å². The van der Waals surface area contributed by atoms with Crippen LogP contribution < -0.4 is 11.1 Å². The maximum atomic E-state index is 5.84. The quantitative estimate of drug-likeness (QED) is 0.797. The molecule has 4 nitrogen and oxygen atoms in total. The van der Waals surface area contributed by atoms with E-state index in [4.69, 9.17) is 5.73 Å². The van der Waals surface area contributed by atoms with Crippen molar-refractivity contribution >= 4 is 11.6 Å². The zero-order chi connectivity index (χ0) is 12.8. The van der Waals surface area contributed by atoms with Gasteiger partial charge in [-0.15, -0.1) is 0 Å². The van der Waals surface area contributed by atoms with E-state index in [1.54, 1.807) is 0 Å². The molecule has 96 valence electrons. The normalized spacial score (nSPS) is 14.4. The van der Waals surface area contributed by atoms with E-state index in [9.17, 15) is 0 Å². The summed E-state index contributed by atoms with van der Waals surface area (Å²) < 4.78 is 0. The van der Waals surface area contributed by atoms with Crippen LogP contribution in [-0.2, 0) is 6.42 Å². The molecule has 0 aliphatic heterocycles. The molecule has 1 aromatic heterocycles. The minimum absolute atomic E-state index is 0.407. The fourth-order valence-corrected chi connectivity index (χ4v) is 1.96. The molecule has 1 heterocycles. The van der Waals surface area contributed by atoms with Gasteiger partial charge in [-0.25, -0.2) is 9.97 Å². The zero-order valence-electron chi connectivity index (χ0n) is 11.3. The third-order valence-corrected chi connectivity index (χ3v) is 3.17. The van der Waals surface area contributed by atoms with Crippen molar-refractivity contribution in [2.45, 2.75) is 53.0 Å². The summed E-state index contributed by atoms with van der Waals surface area (Å²) in [4.78, 5) is 8.30. The Bertz CT molecular complexity index is 351. The van der Waals surface area contributed by atoms with Crippen molar-refractivity contribution < 1.29 is 0 Å². The summed E-state index contributed by atoms with van der Waals surface area (Å²) in [6, 6.07) is 0.407. The summed E-state index contributed by atoms with van der Waals surface area (Å²) in [5.41, 5.74) is 6.86. The molecular formula is C13H24N4. The lowest BCUT2D eigenvalue weighted by atomic mass is 10.0. The van der Waals surface area contributed by atoms with Crippen LogP contribution in [0.4, 0.5) is 11.6 Å². The van der Waals surface area contributed by atoms with Crippen LogP contribution >= 0.6 is 0 Å². The molecule has 0 bridgehead atoms. The Kier molecular flexibility index (Phi) is 5.19. The van der Waals surface area contributed by atoms with Gasteiger partial charge in [0.05, 0.1) is 0 Å². The number of aromatic nitrogens is 2. The van der Waals surface area contributed by atoms with Crippen LogP contribution in [0.1, 0.15) is 46.1 Å². The molecule has 0 spiro atoms. The Labute approximate surface area is 104 Å². The van der Waals surface area contributed by atoms with Crippen LogP contribution in [0.5, 0.6) is 0 Å². The molecule has 3 N–H and O–H groups in total. The molecule has 0 aliphatic rings. The van der Waals surface area contributed by atoms with Crippen molar-refractivity contribution in [2.24, 2.45) is 5.92 Å². The van der Waals surface area contributed by atoms with Crippen LogP contribution in [-0.4, -0.2) is 16.0 Å². The number of anilines is 2. The van der Waals surface area contributed by atoms with Gasteiger partial charge in [-0.2, -0.15) is 0 Å². The van der Waals surface area contributed by atoms with Gasteiger partial charge in [-0.3, -0.25) is 0 Å². The Balaban J connectivity index is 2.71. The average molecular weight is 236 g/mol. The third-order valence-electron chi connectivity index (χ3n) is 3.17. The fourth-order valence-electron chi connectivity index (χ4n) is 1.96. The molecule has 2 atom stereocenters. The summed E-state index contributed by atoms with van der Waals surface area (Å²) >= 11 is 0. The Hall–Kier alpha value is -1.32. The average Bonchev–Trinajstić information content (AvgIpc) is 2.29. The van der Waals surface area contributed by atoms with Gasteiger partial charge >= 0.3 is 0 Å². The van der Waals surface area contributed by atoms with Crippen LogP contribution in [0.2, 0.25) is 0 Å². The Morgan fingerprint density at radius 2 is 2.00 bits per heavy atom. The van der Waals surface area contributed by atoms with Crippen molar-refractivity contribution in [1.29, 1.82) is 0 Å². The second kappa shape index (κ2) is 6.42. The smallest absolute Gasteiger partial charge is 0.134 e. The van der Waals surface area contributed by atoms with E-state index in [-0.39, 0.29) is 0 Å². The molecule has 0 aromatic carbocycles. The van der Waals surface area contributed by atoms with E-state index in [2.05, 4.69) is 43.0 Å². The van der Waals surface area contributed by atoms with Crippen molar-refractivity contribution in [2.75, 3.05) is 11.1 Å². The van der Waals surface area contributed by atoms with Crippen LogP contribution in [0.25, 0.3) is 0 Å². The van der Waals surface area contributed by atoms with Gasteiger partial charge in [-0.1, -0.05) is 27.2 Å². The van der Waals surface area contributed by atoms with Gasteiger partial charge in [0.25, 0.3) is 0 Å². The van der Waals surface area contributed by atoms with Crippen molar-refractivity contribution in [3.8, 4) is 0 Å². The van der Waals surface area contributed by atoms with Crippen molar-refractivity contribution in [1.82, 2.24) is 9.97 Å². The first-order valence-electron chi connectivity index (χ1n) is 6.44. The molecular weight excluding hydrogens is 212 g/mol. The molecule has 0 fully saturated rings. The summed E-state index contributed by atoms with van der Waals surface area (Å²) in [5.74, 6) is 2.19. The SMILES string of the molecule is CCc1c(N)ncnc1NC(C)CC(C)CC. The van der Waals surface area contributed by atoms with Crippen molar-refractivity contribution in [3.63, 3.8) is 0 Å². The van der Waals surface area contributed by atoms with Gasteiger partial charge < -0.3 is 11.1 Å². The third kappa shape index (κ3) is 3.88. The van der Waals surface area contributed by atoms with E-state index in [1.807, 2.05) is 0 Å². The number of hydrogen-bond donors (Lipinski definition) is 2.